The lowest BCUT2D eigenvalue weighted by Gasteiger charge is -2.19. The molecule has 5 nitrogen and oxygen atoms in total. The number of benzene rings is 1. The van der Waals surface area contributed by atoms with Crippen molar-refractivity contribution in [2.45, 2.75) is 39.2 Å². The zero-order chi connectivity index (χ0) is 14.9. The van der Waals surface area contributed by atoms with Crippen LogP contribution in [-0.4, -0.2) is 35.3 Å². The summed E-state index contributed by atoms with van der Waals surface area (Å²) in [7, 11) is 0. The van der Waals surface area contributed by atoms with Gasteiger partial charge in [0, 0.05) is 37.1 Å². The van der Waals surface area contributed by atoms with E-state index in [9.17, 15) is 0 Å². The van der Waals surface area contributed by atoms with Gasteiger partial charge in [-0.05, 0) is 20.8 Å². The summed E-state index contributed by atoms with van der Waals surface area (Å²) in [5.74, 6) is 2.59. The average molecular weight is 289 g/mol. The first-order valence-corrected chi connectivity index (χ1v) is 7.54. The van der Waals surface area contributed by atoms with Crippen molar-refractivity contribution >= 4 is 11.0 Å². The highest BCUT2D eigenvalue weighted by molar-refractivity contribution is 5.79. The lowest BCUT2D eigenvalue weighted by Crippen LogP contribution is -2.37. The number of hydrogen-bond donors (Lipinski definition) is 2. The van der Waals surface area contributed by atoms with E-state index >= 15 is 0 Å². The van der Waals surface area contributed by atoms with Crippen molar-refractivity contribution in [2.24, 2.45) is 0 Å². The quantitative estimate of drug-likeness (QED) is 0.912. The van der Waals surface area contributed by atoms with Crippen LogP contribution in [-0.2, 0) is 6.42 Å². The van der Waals surface area contributed by atoms with Crippen LogP contribution in [0.5, 0.6) is 11.5 Å². The van der Waals surface area contributed by atoms with Crippen LogP contribution >= 0.6 is 0 Å². The zero-order valence-corrected chi connectivity index (χ0v) is 13.0. The summed E-state index contributed by atoms with van der Waals surface area (Å²) < 4.78 is 11.4. The third-order valence-corrected chi connectivity index (χ3v) is 3.42. The summed E-state index contributed by atoms with van der Waals surface area (Å²) in [5, 5.41) is 3.47. The minimum absolute atomic E-state index is 0.130. The highest BCUT2D eigenvalue weighted by Crippen LogP contribution is 2.33. The van der Waals surface area contributed by atoms with Gasteiger partial charge in [0.2, 0.25) is 0 Å². The number of ether oxygens (including phenoxy) is 2. The van der Waals surface area contributed by atoms with Gasteiger partial charge in [0.1, 0.15) is 5.82 Å². The van der Waals surface area contributed by atoms with Crippen LogP contribution in [0.4, 0.5) is 0 Å². The number of nitrogens with one attached hydrogen (secondary N) is 2. The number of H-pyrrole nitrogens is 1. The third-order valence-electron chi connectivity index (χ3n) is 3.42. The van der Waals surface area contributed by atoms with Gasteiger partial charge in [-0.3, -0.25) is 0 Å². The Morgan fingerprint density at radius 1 is 1.19 bits per heavy atom. The number of hydrogen-bond acceptors (Lipinski definition) is 4. The molecule has 0 aliphatic carbocycles. The normalized spacial score (nSPS) is 15.2. The molecule has 0 spiro atoms. The molecule has 0 fully saturated rings. The molecule has 0 radical (unpaired) electrons. The third kappa shape index (κ3) is 3.47. The van der Waals surface area contributed by atoms with Crippen molar-refractivity contribution in [2.75, 3.05) is 19.8 Å². The molecule has 0 unspecified atom stereocenters. The van der Waals surface area contributed by atoms with E-state index in [0.29, 0.717) is 13.2 Å². The van der Waals surface area contributed by atoms with Crippen LogP contribution in [0.15, 0.2) is 12.1 Å². The van der Waals surface area contributed by atoms with E-state index in [1.165, 1.54) is 0 Å². The Bertz CT molecular complexity index is 585. The van der Waals surface area contributed by atoms with Gasteiger partial charge in [-0.15, -0.1) is 0 Å². The Hall–Kier alpha value is -1.75. The molecule has 5 heteroatoms. The molecule has 3 rings (SSSR count). The summed E-state index contributed by atoms with van der Waals surface area (Å²) >= 11 is 0. The van der Waals surface area contributed by atoms with Crippen LogP contribution in [0.3, 0.4) is 0 Å². The standard InChI is InChI=1S/C16H23N3O2/c1-16(2,3)17-6-5-15-18-11-9-13-14(10-12(11)19-15)21-8-4-7-20-13/h9-10,17H,4-8H2,1-3H3,(H,18,19). The second-order valence-corrected chi connectivity index (χ2v) is 6.48. The monoisotopic (exact) mass is 289 g/mol. The van der Waals surface area contributed by atoms with Gasteiger partial charge in [0.15, 0.2) is 11.5 Å². The molecule has 2 heterocycles. The molecule has 1 aliphatic rings. The van der Waals surface area contributed by atoms with Crippen LogP contribution < -0.4 is 14.8 Å². The number of fused-ring (bicyclic) bond motifs is 2. The Kier molecular flexibility index (Phi) is 3.76. The highest BCUT2D eigenvalue weighted by Gasteiger charge is 2.14. The first-order chi connectivity index (χ1) is 10.0. The van der Waals surface area contributed by atoms with Gasteiger partial charge < -0.3 is 19.8 Å². The fraction of sp³-hybridized carbons (Fsp3) is 0.562. The Balaban J connectivity index is 1.77. The molecule has 1 aromatic heterocycles. The van der Waals surface area contributed by atoms with Gasteiger partial charge >= 0.3 is 0 Å². The van der Waals surface area contributed by atoms with Crippen molar-refractivity contribution in [1.82, 2.24) is 15.3 Å². The highest BCUT2D eigenvalue weighted by atomic mass is 16.5. The molecule has 1 aliphatic heterocycles. The van der Waals surface area contributed by atoms with Gasteiger partial charge in [0.25, 0.3) is 0 Å². The second kappa shape index (κ2) is 5.56. The van der Waals surface area contributed by atoms with Gasteiger partial charge in [0.05, 0.1) is 24.2 Å². The van der Waals surface area contributed by atoms with E-state index in [4.69, 9.17) is 9.47 Å². The van der Waals surface area contributed by atoms with Crippen LogP contribution in [0.1, 0.15) is 33.0 Å². The van der Waals surface area contributed by atoms with Crippen molar-refractivity contribution in [3.63, 3.8) is 0 Å². The molecule has 2 aromatic rings. The average Bonchev–Trinajstić information content (AvgIpc) is 2.63. The van der Waals surface area contributed by atoms with E-state index in [0.717, 1.165) is 47.7 Å². The molecular formula is C16H23N3O2. The molecule has 21 heavy (non-hydrogen) atoms. The van der Waals surface area contributed by atoms with Crippen LogP contribution in [0, 0.1) is 0 Å². The summed E-state index contributed by atoms with van der Waals surface area (Å²) in [6.07, 6.45) is 1.79. The van der Waals surface area contributed by atoms with Gasteiger partial charge in [-0.2, -0.15) is 0 Å². The number of aromatic nitrogens is 2. The maximum absolute atomic E-state index is 5.71. The molecule has 0 amide bonds. The zero-order valence-electron chi connectivity index (χ0n) is 13.0. The van der Waals surface area contributed by atoms with Gasteiger partial charge in [-0.1, -0.05) is 0 Å². The Morgan fingerprint density at radius 3 is 2.62 bits per heavy atom. The fourth-order valence-electron chi connectivity index (χ4n) is 2.39. The predicted molar refractivity (Wildman–Crippen MR) is 83.2 cm³/mol. The van der Waals surface area contributed by atoms with E-state index in [2.05, 4.69) is 36.1 Å². The summed E-state index contributed by atoms with van der Waals surface area (Å²) in [6, 6.07) is 3.96. The van der Waals surface area contributed by atoms with Crippen molar-refractivity contribution < 1.29 is 9.47 Å². The van der Waals surface area contributed by atoms with E-state index < -0.39 is 0 Å². The molecule has 0 saturated heterocycles. The Morgan fingerprint density at radius 2 is 1.90 bits per heavy atom. The molecule has 0 atom stereocenters. The lowest BCUT2D eigenvalue weighted by atomic mass is 10.1. The summed E-state index contributed by atoms with van der Waals surface area (Å²) in [4.78, 5) is 8.01. The summed E-state index contributed by atoms with van der Waals surface area (Å²) in [6.45, 7) is 8.79. The minimum Gasteiger partial charge on any atom is -0.489 e. The van der Waals surface area contributed by atoms with Crippen molar-refractivity contribution in [1.29, 1.82) is 0 Å². The fourth-order valence-corrected chi connectivity index (χ4v) is 2.39. The molecule has 114 valence electrons. The van der Waals surface area contributed by atoms with Crippen LogP contribution in [0.2, 0.25) is 0 Å². The van der Waals surface area contributed by atoms with E-state index in [-0.39, 0.29) is 5.54 Å². The molecule has 0 saturated carbocycles. The predicted octanol–water partition coefficient (Wildman–Crippen LogP) is 2.65. The molecular weight excluding hydrogens is 266 g/mol. The number of aromatic amines is 1. The maximum atomic E-state index is 5.71. The largest absolute Gasteiger partial charge is 0.489 e. The van der Waals surface area contributed by atoms with Crippen molar-refractivity contribution in [3.05, 3.63) is 18.0 Å². The number of imidazole rings is 1. The van der Waals surface area contributed by atoms with E-state index in [1.807, 2.05) is 12.1 Å². The number of nitrogens with zero attached hydrogens (tertiary/aromatic N) is 1. The minimum atomic E-state index is 0.130. The molecule has 0 bridgehead atoms. The lowest BCUT2D eigenvalue weighted by molar-refractivity contribution is 0.297. The van der Waals surface area contributed by atoms with Crippen LogP contribution in [0.25, 0.3) is 11.0 Å². The molecule has 2 N–H and O–H groups in total. The van der Waals surface area contributed by atoms with Gasteiger partial charge in [-0.25, -0.2) is 4.98 Å². The smallest absolute Gasteiger partial charge is 0.163 e. The Labute approximate surface area is 125 Å². The number of rotatable bonds is 3. The first kappa shape index (κ1) is 14.2. The van der Waals surface area contributed by atoms with Crippen molar-refractivity contribution in [3.8, 4) is 11.5 Å². The van der Waals surface area contributed by atoms with E-state index in [1.54, 1.807) is 0 Å². The second-order valence-electron chi connectivity index (χ2n) is 6.48. The SMILES string of the molecule is CC(C)(C)NCCc1nc2cc3c(cc2[nH]1)OCCCO3. The first-order valence-electron chi connectivity index (χ1n) is 7.54. The molecule has 1 aromatic carbocycles. The topological polar surface area (TPSA) is 59.2 Å². The summed E-state index contributed by atoms with van der Waals surface area (Å²) in [5.41, 5.74) is 2.07. The maximum Gasteiger partial charge on any atom is 0.163 e.